The fourth-order valence-corrected chi connectivity index (χ4v) is 6.20. The third-order valence-corrected chi connectivity index (χ3v) is 7.74. The van der Waals surface area contributed by atoms with Crippen LogP contribution in [0.3, 0.4) is 0 Å². The molecule has 0 bridgehead atoms. The Labute approximate surface area is 139 Å². The molecular formula is C20H31NS. The highest BCUT2D eigenvalue weighted by Crippen LogP contribution is 2.40. The summed E-state index contributed by atoms with van der Waals surface area (Å²) in [5.74, 6) is 3.03. The molecule has 2 saturated carbocycles. The molecule has 2 heteroatoms. The fraction of sp³-hybridized carbons (Fsp3) is 0.850. The average Bonchev–Trinajstić information content (AvgIpc) is 2.82. The van der Waals surface area contributed by atoms with Gasteiger partial charge in [-0.3, -0.25) is 0 Å². The van der Waals surface area contributed by atoms with Gasteiger partial charge < -0.3 is 0 Å². The van der Waals surface area contributed by atoms with E-state index in [1.165, 1.54) is 101 Å². The highest BCUT2D eigenvalue weighted by molar-refractivity contribution is 7.11. The van der Waals surface area contributed by atoms with Gasteiger partial charge in [-0.25, -0.2) is 4.98 Å². The van der Waals surface area contributed by atoms with Crippen molar-refractivity contribution in [3.8, 4) is 0 Å². The van der Waals surface area contributed by atoms with Crippen LogP contribution in [0.2, 0.25) is 0 Å². The topological polar surface area (TPSA) is 12.9 Å². The van der Waals surface area contributed by atoms with Crippen LogP contribution in [0.1, 0.15) is 86.2 Å². The Kier molecular flexibility index (Phi) is 4.85. The molecule has 1 atom stereocenters. The maximum Gasteiger partial charge on any atom is 0.0933 e. The second kappa shape index (κ2) is 7.03. The van der Waals surface area contributed by atoms with Gasteiger partial charge in [0.2, 0.25) is 0 Å². The lowest BCUT2D eigenvalue weighted by molar-refractivity contribution is 0.181. The predicted octanol–water partition coefficient (Wildman–Crippen LogP) is 5.95. The minimum absolute atomic E-state index is 0.938. The third-order valence-electron chi connectivity index (χ3n) is 6.56. The molecule has 3 aliphatic carbocycles. The maximum atomic E-state index is 5.10. The van der Waals surface area contributed by atoms with Crippen molar-refractivity contribution in [1.29, 1.82) is 0 Å². The summed E-state index contributed by atoms with van der Waals surface area (Å²) in [6, 6.07) is 0. The number of aromatic nitrogens is 1. The Morgan fingerprint density at radius 2 is 1.55 bits per heavy atom. The normalized spacial score (nSPS) is 27.7. The molecule has 0 N–H and O–H groups in total. The molecule has 0 saturated heterocycles. The van der Waals surface area contributed by atoms with E-state index in [4.69, 9.17) is 4.98 Å². The summed E-state index contributed by atoms with van der Waals surface area (Å²) in [4.78, 5) is 6.75. The summed E-state index contributed by atoms with van der Waals surface area (Å²) >= 11 is 2.07. The van der Waals surface area contributed by atoms with Crippen LogP contribution in [0.5, 0.6) is 0 Å². The van der Waals surface area contributed by atoms with Crippen molar-refractivity contribution in [3.63, 3.8) is 0 Å². The van der Waals surface area contributed by atoms with E-state index in [0.717, 1.165) is 17.8 Å². The van der Waals surface area contributed by atoms with Gasteiger partial charge in [-0.2, -0.15) is 0 Å². The molecule has 122 valence electrons. The van der Waals surface area contributed by atoms with Gasteiger partial charge in [0.15, 0.2) is 0 Å². The predicted molar refractivity (Wildman–Crippen MR) is 94.5 cm³/mol. The van der Waals surface area contributed by atoms with E-state index in [0.29, 0.717) is 0 Å². The van der Waals surface area contributed by atoms with Crippen LogP contribution in [0.25, 0.3) is 0 Å². The Hall–Kier alpha value is -0.370. The molecule has 0 radical (unpaired) electrons. The zero-order chi connectivity index (χ0) is 14.8. The van der Waals surface area contributed by atoms with Gasteiger partial charge >= 0.3 is 0 Å². The minimum Gasteiger partial charge on any atom is -0.246 e. The van der Waals surface area contributed by atoms with Crippen molar-refractivity contribution in [1.82, 2.24) is 4.98 Å². The van der Waals surface area contributed by atoms with Crippen LogP contribution in [-0.4, -0.2) is 4.98 Å². The van der Waals surface area contributed by atoms with Crippen LogP contribution in [-0.2, 0) is 19.3 Å². The van der Waals surface area contributed by atoms with E-state index >= 15 is 0 Å². The van der Waals surface area contributed by atoms with E-state index in [9.17, 15) is 0 Å². The molecule has 1 aromatic heterocycles. The molecule has 3 aliphatic rings. The summed E-state index contributed by atoms with van der Waals surface area (Å²) < 4.78 is 0. The summed E-state index contributed by atoms with van der Waals surface area (Å²) in [7, 11) is 0. The Morgan fingerprint density at radius 1 is 0.773 bits per heavy atom. The van der Waals surface area contributed by atoms with Gasteiger partial charge in [0.25, 0.3) is 0 Å². The summed E-state index contributed by atoms with van der Waals surface area (Å²) in [6.45, 7) is 0. The van der Waals surface area contributed by atoms with Crippen LogP contribution in [0.15, 0.2) is 0 Å². The maximum absolute atomic E-state index is 5.10. The van der Waals surface area contributed by atoms with Gasteiger partial charge in [0, 0.05) is 11.3 Å². The quantitative estimate of drug-likeness (QED) is 0.671. The second-order valence-electron chi connectivity index (χ2n) is 8.07. The molecule has 0 spiro atoms. The highest BCUT2D eigenvalue weighted by atomic mass is 32.1. The number of nitrogens with zero attached hydrogens (tertiary/aromatic N) is 1. The van der Waals surface area contributed by atoms with E-state index in [1.807, 2.05) is 0 Å². The second-order valence-corrected chi connectivity index (χ2v) is 9.24. The van der Waals surface area contributed by atoms with Gasteiger partial charge in [-0.1, -0.05) is 51.4 Å². The van der Waals surface area contributed by atoms with Crippen molar-refractivity contribution in [2.24, 2.45) is 17.8 Å². The standard InChI is InChI=1S/C20H31NS/c1-2-6-15(7-3-1)14-20-21-18-13-12-17(16-8-4-9-16)10-5-11-19(18)22-20/h15-17H,1-14H2. The summed E-state index contributed by atoms with van der Waals surface area (Å²) in [5, 5.41) is 1.47. The molecule has 1 aromatic rings. The number of hydrogen-bond acceptors (Lipinski definition) is 2. The highest BCUT2D eigenvalue weighted by Gasteiger charge is 2.28. The lowest BCUT2D eigenvalue weighted by atomic mass is 9.71. The molecule has 1 nitrogen and oxygen atoms in total. The van der Waals surface area contributed by atoms with Gasteiger partial charge in [-0.15, -0.1) is 11.3 Å². The summed E-state index contributed by atoms with van der Waals surface area (Å²) in [6.07, 6.45) is 20.0. The molecule has 1 unspecified atom stereocenters. The Morgan fingerprint density at radius 3 is 2.32 bits per heavy atom. The number of rotatable bonds is 3. The lowest BCUT2D eigenvalue weighted by Crippen LogP contribution is -2.23. The zero-order valence-electron chi connectivity index (χ0n) is 14.0. The van der Waals surface area contributed by atoms with Crippen LogP contribution >= 0.6 is 11.3 Å². The van der Waals surface area contributed by atoms with Crippen LogP contribution < -0.4 is 0 Å². The van der Waals surface area contributed by atoms with Crippen LogP contribution in [0, 0.1) is 17.8 Å². The SMILES string of the molecule is C1CCC(Cc2nc3c(s2)CCCC(C2CCC2)CC3)CC1. The van der Waals surface area contributed by atoms with Crippen molar-refractivity contribution >= 4 is 11.3 Å². The molecule has 4 rings (SSSR count). The third kappa shape index (κ3) is 3.42. The number of fused-ring (bicyclic) bond motifs is 1. The monoisotopic (exact) mass is 317 g/mol. The molecule has 0 aromatic carbocycles. The van der Waals surface area contributed by atoms with Crippen molar-refractivity contribution in [2.45, 2.75) is 89.9 Å². The number of aryl methyl sites for hydroxylation is 2. The molecule has 0 aliphatic heterocycles. The Bertz CT molecular complexity index is 482. The van der Waals surface area contributed by atoms with Crippen LogP contribution in [0.4, 0.5) is 0 Å². The van der Waals surface area contributed by atoms with Crippen molar-refractivity contribution in [3.05, 3.63) is 15.6 Å². The van der Waals surface area contributed by atoms with E-state index < -0.39 is 0 Å². The lowest BCUT2D eigenvalue weighted by Gasteiger charge is -2.34. The van der Waals surface area contributed by atoms with Crippen molar-refractivity contribution < 1.29 is 0 Å². The number of hydrogen-bond donors (Lipinski definition) is 0. The van der Waals surface area contributed by atoms with Gasteiger partial charge in [-0.05, 0) is 49.9 Å². The molecule has 0 amide bonds. The van der Waals surface area contributed by atoms with Gasteiger partial charge in [0.05, 0.1) is 10.7 Å². The largest absolute Gasteiger partial charge is 0.246 e. The van der Waals surface area contributed by atoms with E-state index in [1.54, 1.807) is 4.88 Å². The van der Waals surface area contributed by atoms with Gasteiger partial charge in [0.1, 0.15) is 0 Å². The zero-order valence-corrected chi connectivity index (χ0v) is 14.8. The number of thiazole rings is 1. The minimum atomic E-state index is 0.938. The Balaban J connectivity index is 1.39. The smallest absolute Gasteiger partial charge is 0.0933 e. The first-order valence-electron chi connectivity index (χ1n) is 9.86. The van der Waals surface area contributed by atoms with E-state index in [-0.39, 0.29) is 0 Å². The molecule has 22 heavy (non-hydrogen) atoms. The first-order valence-corrected chi connectivity index (χ1v) is 10.7. The molecule has 2 fully saturated rings. The average molecular weight is 318 g/mol. The molecular weight excluding hydrogens is 286 g/mol. The van der Waals surface area contributed by atoms with Crippen molar-refractivity contribution in [2.75, 3.05) is 0 Å². The summed E-state index contributed by atoms with van der Waals surface area (Å²) in [5.41, 5.74) is 1.50. The molecule has 1 heterocycles. The first-order chi connectivity index (χ1) is 10.9. The first kappa shape index (κ1) is 15.2. The fourth-order valence-electron chi connectivity index (χ4n) is 4.93. The van der Waals surface area contributed by atoms with E-state index in [2.05, 4.69) is 11.3 Å².